The third-order valence-electron chi connectivity index (χ3n) is 1.69. The van der Waals surface area contributed by atoms with Crippen LogP contribution in [0.25, 0.3) is 10.2 Å². The molecule has 12 heavy (non-hydrogen) atoms. The van der Waals surface area contributed by atoms with Crippen molar-refractivity contribution in [2.45, 2.75) is 0 Å². The molecule has 0 aliphatic heterocycles. The Morgan fingerprint density at radius 1 is 1.67 bits per heavy atom. The second-order valence-corrected chi connectivity index (χ2v) is 3.27. The fraction of sp³-hybridized carbons (Fsp3) is 0.125. The van der Waals surface area contributed by atoms with E-state index < -0.39 is 0 Å². The van der Waals surface area contributed by atoms with E-state index in [1.807, 2.05) is 11.4 Å². The molecule has 0 atom stereocenters. The van der Waals surface area contributed by atoms with Crippen molar-refractivity contribution in [1.29, 1.82) is 0 Å². The van der Waals surface area contributed by atoms with Crippen LogP contribution < -0.4 is 0 Å². The van der Waals surface area contributed by atoms with E-state index in [9.17, 15) is 4.79 Å². The van der Waals surface area contributed by atoms with Crippen molar-refractivity contribution in [2.24, 2.45) is 0 Å². The first kappa shape index (κ1) is 7.36. The fourth-order valence-electron chi connectivity index (χ4n) is 1.11. The Balaban J connectivity index is 2.61. The lowest BCUT2D eigenvalue weighted by atomic mass is 10.3. The SMILES string of the molecule is COC(=O)c1c[nH]c2ccsc12. The van der Waals surface area contributed by atoms with Gasteiger partial charge in [0.2, 0.25) is 0 Å². The molecule has 0 spiro atoms. The van der Waals surface area contributed by atoms with Gasteiger partial charge in [0.15, 0.2) is 0 Å². The summed E-state index contributed by atoms with van der Waals surface area (Å²) in [6.45, 7) is 0. The fourth-order valence-corrected chi connectivity index (χ4v) is 1.97. The van der Waals surface area contributed by atoms with E-state index in [4.69, 9.17) is 0 Å². The van der Waals surface area contributed by atoms with Crippen molar-refractivity contribution in [3.63, 3.8) is 0 Å². The molecule has 3 nitrogen and oxygen atoms in total. The minimum absolute atomic E-state index is 0.288. The standard InChI is InChI=1S/C8H7NO2S/c1-11-8(10)5-4-9-6-2-3-12-7(5)6/h2-4,9H,1H3. The summed E-state index contributed by atoms with van der Waals surface area (Å²) in [6, 6.07) is 1.94. The molecule has 0 fully saturated rings. The Labute approximate surface area is 73.0 Å². The quantitative estimate of drug-likeness (QED) is 0.684. The van der Waals surface area contributed by atoms with Crippen LogP contribution in [0.3, 0.4) is 0 Å². The van der Waals surface area contributed by atoms with Gasteiger partial charge in [-0.25, -0.2) is 4.79 Å². The number of hydrogen-bond acceptors (Lipinski definition) is 3. The zero-order valence-electron chi connectivity index (χ0n) is 6.46. The Bertz CT molecular complexity index is 415. The minimum atomic E-state index is -0.288. The highest BCUT2D eigenvalue weighted by Crippen LogP contribution is 2.24. The average Bonchev–Trinajstić information content (AvgIpc) is 2.62. The van der Waals surface area contributed by atoms with Crippen LogP contribution in [-0.2, 0) is 4.74 Å². The number of aromatic amines is 1. The third kappa shape index (κ3) is 0.921. The van der Waals surface area contributed by atoms with Gasteiger partial charge < -0.3 is 9.72 Å². The molecule has 0 amide bonds. The molecule has 2 rings (SSSR count). The summed E-state index contributed by atoms with van der Waals surface area (Å²) in [5, 5.41) is 1.94. The summed E-state index contributed by atoms with van der Waals surface area (Å²) in [5.74, 6) is -0.288. The molecule has 0 aromatic carbocycles. The van der Waals surface area contributed by atoms with E-state index >= 15 is 0 Å². The van der Waals surface area contributed by atoms with Crippen molar-refractivity contribution in [3.05, 3.63) is 23.2 Å². The molecule has 0 aliphatic carbocycles. The number of ether oxygens (including phenoxy) is 1. The van der Waals surface area contributed by atoms with Crippen LogP contribution in [0.15, 0.2) is 17.6 Å². The topological polar surface area (TPSA) is 42.1 Å². The number of H-pyrrole nitrogens is 1. The molecule has 0 saturated heterocycles. The largest absolute Gasteiger partial charge is 0.465 e. The van der Waals surface area contributed by atoms with E-state index in [0.29, 0.717) is 5.56 Å². The first-order chi connectivity index (χ1) is 5.83. The average molecular weight is 181 g/mol. The molecule has 2 aromatic rings. The van der Waals surface area contributed by atoms with Crippen LogP contribution >= 0.6 is 11.3 Å². The van der Waals surface area contributed by atoms with Gasteiger partial charge in [0.1, 0.15) is 0 Å². The van der Waals surface area contributed by atoms with Gasteiger partial charge in [0.25, 0.3) is 0 Å². The number of nitrogens with one attached hydrogen (secondary N) is 1. The van der Waals surface area contributed by atoms with E-state index in [1.165, 1.54) is 18.4 Å². The molecular weight excluding hydrogens is 174 g/mol. The number of rotatable bonds is 1. The number of hydrogen-bond donors (Lipinski definition) is 1. The summed E-state index contributed by atoms with van der Waals surface area (Å²) >= 11 is 1.53. The Hall–Kier alpha value is -1.29. The smallest absolute Gasteiger partial charge is 0.340 e. The molecule has 0 aliphatic rings. The maximum Gasteiger partial charge on any atom is 0.340 e. The number of carbonyl (C=O) groups is 1. The molecule has 4 heteroatoms. The van der Waals surface area contributed by atoms with Crippen molar-refractivity contribution in [1.82, 2.24) is 4.98 Å². The molecule has 2 heterocycles. The highest BCUT2D eigenvalue weighted by molar-refractivity contribution is 7.17. The van der Waals surface area contributed by atoms with Crippen LogP contribution in [0, 0.1) is 0 Å². The second-order valence-electron chi connectivity index (χ2n) is 2.36. The lowest BCUT2D eigenvalue weighted by Crippen LogP contribution is -1.98. The van der Waals surface area contributed by atoms with Gasteiger partial charge >= 0.3 is 5.97 Å². The van der Waals surface area contributed by atoms with Gasteiger partial charge in [-0.3, -0.25) is 0 Å². The van der Waals surface area contributed by atoms with Crippen LogP contribution in [0.2, 0.25) is 0 Å². The number of esters is 1. The van der Waals surface area contributed by atoms with Gasteiger partial charge in [-0.1, -0.05) is 0 Å². The molecule has 1 N–H and O–H groups in total. The molecule has 62 valence electrons. The Morgan fingerprint density at radius 3 is 3.25 bits per heavy atom. The van der Waals surface area contributed by atoms with Crippen LogP contribution in [0.4, 0.5) is 0 Å². The van der Waals surface area contributed by atoms with Crippen molar-refractivity contribution >= 4 is 27.5 Å². The Kier molecular flexibility index (Phi) is 1.62. The van der Waals surface area contributed by atoms with Gasteiger partial charge in [0.05, 0.1) is 22.9 Å². The van der Waals surface area contributed by atoms with Gasteiger partial charge in [-0.2, -0.15) is 0 Å². The van der Waals surface area contributed by atoms with Crippen molar-refractivity contribution < 1.29 is 9.53 Å². The number of thiophene rings is 1. The highest BCUT2D eigenvalue weighted by atomic mass is 32.1. The predicted molar refractivity (Wildman–Crippen MR) is 47.5 cm³/mol. The Morgan fingerprint density at radius 2 is 2.50 bits per heavy atom. The third-order valence-corrected chi connectivity index (χ3v) is 2.63. The van der Waals surface area contributed by atoms with Gasteiger partial charge in [0, 0.05) is 6.20 Å². The molecule has 0 radical (unpaired) electrons. The molecule has 0 bridgehead atoms. The summed E-state index contributed by atoms with van der Waals surface area (Å²) in [6.07, 6.45) is 1.67. The lowest BCUT2D eigenvalue weighted by molar-refractivity contribution is 0.0603. The summed E-state index contributed by atoms with van der Waals surface area (Å²) in [5.41, 5.74) is 1.60. The minimum Gasteiger partial charge on any atom is -0.465 e. The van der Waals surface area contributed by atoms with E-state index in [1.54, 1.807) is 6.20 Å². The predicted octanol–water partition coefficient (Wildman–Crippen LogP) is 2.02. The van der Waals surface area contributed by atoms with Gasteiger partial charge in [-0.15, -0.1) is 11.3 Å². The number of methoxy groups -OCH3 is 1. The van der Waals surface area contributed by atoms with Gasteiger partial charge in [-0.05, 0) is 11.4 Å². The second kappa shape index (κ2) is 2.64. The van der Waals surface area contributed by atoms with Crippen molar-refractivity contribution in [3.8, 4) is 0 Å². The van der Waals surface area contributed by atoms with E-state index in [-0.39, 0.29) is 5.97 Å². The monoisotopic (exact) mass is 181 g/mol. The number of aromatic nitrogens is 1. The maximum absolute atomic E-state index is 11.2. The van der Waals surface area contributed by atoms with Crippen LogP contribution in [-0.4, -0.2) is 18.1 Å². The van der Waals surface area contributed by atoms with Crippen molar-refractivity contribution in [2.75, 3.05) is 7.11 Å². The first-order valence-electron chi connectivity index (χ1n) is 3.46. The molecule has 0 unspecified atom stereocenters. The number of carbonyl (C=O) groups excluding carboxylic acids is 1. The first-order valence-corrected chi connectivity index (χ1v) is 4.34. The molecular formula is C8H7NO2S. The molecule has 0 saturated carbocycles. The summed E-state index contributed by atoms with van der Waals surface area (Å²) < 4.78 is 5.58. The maximum atomic E-state index is 11.2. The lowest BCUT2D eigenvalue weighted by Gasteiger charge is -1.92. The normalized spacial score (nSPS) is 10.4. The van der Waals surface area contributed by atoms with Crippen LogP contribution in [0.5, 0.6) is 0 Å². The van der Waals surface area contributed by atoms with Crippen LogP contribution in [0.1, 0.15) is 10.4 Å². The van der Waals surface area contributed by atoms with E-state index in [2.05, 4.69) is 9.72 Å². The zero-order valence-corrected chi connectivity index (χ0v) is 7.27. The van der Waals surface area contributed by atoms with E-state index in [0.717, 1.165) is 10.2 Å². The summed E-state index contributed by atoms with van der Waals surface area (Å²) in [4.78, 5) is 14.1. The summed E-state index contributed by atoms with van der Waals surface area (Å²) in [7, 11) is 1.38. The molecule has 2 aromatic heterocycles. The highest BCUT2D eigenvalue weighted by Gasteiger charge is 2.12. The number of fused-ring (bicyclic) bond motifs is 1. The zero-order chi connectivity index (χ0) is 8.55.